The SMILES string of the molecule is O=C(NCCCOc1ccccc1)c1ccc(Cl)c(S(=O)(=O)N2CCCCC2)c1. The van der Waals surface area contributed by atoms with Crippen LogP contribution < -0.4 is 10.1 Å². The molecular formula is C21H25ClN2O4S. The first-order chi connectivity index (χ1) is 14.0. The number of para-hydroxylation sites is 1. The highest BCUT2D eigenvalue weighted by molar-refractivity contribution is 7.89. The fourth-order valence-electron chi connectivity index (χ4n) is 3.17. The number of ether oxygens (including phenoxy) is 1. The number of carbonyl (C=O) groups excluding carboxylic acids is 1. The van der Waals surface area contributed by atoms with Gasteiger partial charge in [-0.2, -0.15) is 4.31 Å². The number of carbonyl (C=O) groups is 1. The third-order valence-electron chi connectivity index (χ3n) is 4.74. The van der Waals surface area contributed by atoms with Gasteiger partial charge in [0.1, 0.15) is 10.6 Å². The van der Waals surface area contributed by atoms with Crippen molar-refractivity contribution in [1.82, 2.24) is 9.62 Å². The van der Waals surface area contributed by atoms with Gasteiger partial charge in [0.15, 0.2) is 0 Å². The molecule has 8 heteroatoms. The summed E-state index contributed by atoms with van der Waals surface area (Å²) in [6.07, 6.45) is 3.33. The first kappa shape index (κ1) is 21.6. The summed E-state index contributed by atoms with van der Waals surface area (Å²) in [4.78, 5) is 12.4. The zero-order chi connectivity index (χ0) is 20.7. The van der Waals surface area contributed by atoms with E-state index in [1.54, 1.807) is 0 Å². The molecule has 0 unspecified atom stereocenters. The Hall–Kier alpha value is -2.09. The predicted octanol–water partition coefficient (Wildman–Crippen LogP) is 3.71. The van der Waals surface area contributed by atoms with Crippen molar-refractivity contribution in [3.8, 4) is 5.75 Å². The molecule has 2 aromatic carbocycles. The van der Waals surface area contributed by atoms with Gasteiger partial charge in [0, 0.05) is 25.2 Å². The number of nitrogens with one attached hydrogen (secondary N) is 1. The second-order valence-corrected chi connectivity index (χ2v) is 9.19. The Bertz CT molecular complexity index is 929. The number of nitrogens with zero attached hydrogens (tertiary/aromatic N) is 1. The maximum absolute atomic E-state index is 12.9. The fraction of sp³-hybridized carbons (Fsp3) is 0.381. The van der Waals surface area contributed by atoms with Crippen LogP contribution in [0.3, 0.4) is 0 Å². The number of hydrogen-bond acceptors (Lipinski definition) is 4. The monoisotopic (exact) mass is 436 g/mol. The molecular weight excluding hydrogens is 412 g/mol. The summed E-state index contributed by atoms with van der Waals surface area (Å²) in [5.41, 5.74) is 0.272. The Labute approximate surface area is 176 Å². The van der Waals surface area contributed by atoms with Crippen molar-refractivity contribution < 1.29 is 17.9 Å². The Morgan fingerprint density at radius 3 is 2.52 bits per heavy atom. The number of rotatable bonds is 8. The van der Waals surface area contributed by atoms with Gasteiger partial charge in [-0.1, -0.05) is 36.2 Å². The van der Waals surface area contributed by atoms with Crippen LogP contribution in [0.25, 0.3) is 0 Å². The highest BCUT2D eigenvalue weighted by Crippen LogP contribution is 2.27. The molecule has 0 bridgehead atoms. The van der Waals surface area contributed by atoms with Crippen LogP contribution in [0.4, 0.5) is 0 Å². The lowest BCUT2D eigenvalue weighted by Crippen LogP contribution is -2.36. The van der Waals surface area contributed by atoms with Crippen molar-refractivity contribution in [2.45, 2.75) is 30.6 Å². The van der Waals surface area contributed by atoms with Gasteiger partial charge >= 0.3 is 0 Å². The zero-order valence-corrected chi connectivity index (χ0v) is 17.7. The van der Waals surface area contributed by atoms with Crippen LogP contribution in [-0.4, -0.2) is 44.9 Å². The number of hydrogen-bond donors (Lipinski definition) is 1. The lowest BCUT2D eigenvalue weighted by atomic mass is 10.2. The van der Waals surface area contributed by atoms with Gasteiger partial charge in [-0.25, -0.2) is 8.42 Å². The predicted molar refractivity (Wildman–Crippen MR) is 113 cm³/mol. The molecule has 0 spiro atoms. The molecule has 0 aliphatic carbocycles. The van der Waals surface area contributed by atoms with Crippen molar-refractivity contribution in [3.63, 3.8) is 0 Å². The molecule has 1 fully saturated rings. The molecule has 0 saturated carbocycles. The van der Waals surface area contributed by atoms with Crippen LogP contribution in [0.15, 0.2) is 53.4 Å². The summed E-state index contributed by atoms with van der Waals surface area (Å²) in [5.74, 6) is 0.445. The topological polar surface area (TPSA) is 75.7 Å². The average molecular weight is 437 g/mol. The maximum atomic E-state index is 12.9. The molecule has 1 saturated heterocycles. The fourth-order valence-corrected chi connectivity index (χ4v) is 5.19. The molecule has 156 valence electrons. The summed E-state index contributed by atoms with van der Waals surface area (Å²) < 4.78 is 32.9. The number of benzene rings is 2. The van der Waals surface area contributed by atoms with Crippen LogP contribution >= 0.6 is 11.6 Å². The minimum Gasteiger partial charge on any atom is -0.494 e. The Morgan fingerprint density at radius 2 is 1.79 bits per heavy atom. The van der Waals surface area contributed by atoms with E-state index >= 15 is 0 Å². The number of amides is 1. The van der Waals surface area contributed by atoms with Crippen LogP contribution in [-0.2, 0) is 10.0 Å². The van der Waals surface area contributed by atoms with Crippen molar-refractivity contribution in [1.29, 1.82) is 0 Å². The highest BCUT2D eigenvalue weighted by Gasteiger charge is 2.28. The Kier molecular flexibility index (Phi) is 7.52. The van der Waals surface area contributed by atoms with Crippen LogP contribution in [0.2, 0.25) is 5.02 Å². The normalized spacial score (nSPS) is 15.1. The molecule has 0 atom stereocenters. The molecule has 0 aromatic heterocycles. The third-order valence-corrected chi connectivity index (χ3v) is 7.13. The van der Waals surface area contributed by atoms with Gasteiger partial charge in [-0.05, 0) is 49.6 Å². The van der Waals surface area contributed by atoms with Gasteiger partial charge < -0.3 is 10.1 Å². The molecule has 2 aromatic rings. The van der Waals surface area contributed by atoms with Gasteiger partial charge in [0.05, 0.1) is 11.6 Å². The Balaban J connectivity index is 1.57. The van der Waals surface area contributed by atoms with E-state index in [1.807, 2.05) is 30.3 Å². The first-order valence-electron chi connectivity index (χ1n) is 9.74. The van der Waals surface area contributed by atoms with Gasteiger partial charge in [-0.3, -0.25) is 4.79 Å². The van der Waals surface area contributed by atoms with Gasteiger partial charge in [0.2, 0.25) is 10.0 Å². The lowest BCUT2D eigenvalue weighted by Gasteiger charge is -2.26. The second-order valence-electron chi connectivity index (χ2n) is 6.88. The molecule has 6 nitrogen and oxygen atoms in total. The molecule has 29 heavy (non-hydrogen) atoms. The highest BCUT2D eigenvalue weighted by atomic mass is 35.5. The van der Waals surface area contributed by atoms with E-state index in [1.165, 1.54) is 22.5 Å². The molecule has 1 amide bonds. The molecule has 1 N–H and O–H groups in total. The number of halogens is 1. The van der Waals surface area contributed by atoms with E-state index in [0.717, 1.165) is 25.0 Å². The molecule has 1 heterocycles. The number of piperidine rings is 1. The first-order valence-corrected chi connectivity index (χ1v) is 11.6. The van der Waals surface area contributed by atoms with E-state index in [2.05, 4.69) is 5.32 Å². The minimum atomic E-state index is -3.71. The minimum absolute atomic E-state index is 0.0128. The lowest BCUT2D eigenvalue weighted by molar-refractivity contribution is 0.0951. The standard InChI is InChI=1S/C21H25ClN2O4S/c22-19-11-10-17(16-20(19)29(26,27)24-13-5-2-6-14-24)21(25)23-12-7-15-28-18-8-3-1-4-9-18/h1,3-4,8-11,16H,2,5-7,12-15H2,(H,23,25). The van der Waals surface area contributed by atoms with Crippen molar-refractivity contribution in [2.24, 2.45) is 0 Å². The van der Waals surface area contributed by atoms with Crippen molar-refractivity contribution in [3.05, 3.63) is 59.1 Å². The van der Waals surface area contributed by atoms with Crippen LogP contribution in [0.5, 0.6) is 5.75 Å². The molecule has 0 radical (unpaired) electrons. The van der Waals surface area contributed by atoms with E-state index in [-0.39, 0.29) is 21.4 Å². The number of sulfonamides is 1. The smallest absolute Gasteiger partial charge is 0.251 e. The van der Waals surface area contributed by atoms with E-state index in [9.17, 15) is 13.2 Å². The Morgan fingerprint density at radius 1 is 1.07 bits per heavy atom. The quantitative estimate of drug-likeness (QED) is 0.640. The average Bonchev–Trinajstić information content (AvgIpc) is 2.75. The van der Waals surface area contributed by atoms with Crippen molar-refractivity contribution in [2.75, 3.05) is 26.2 Å². The van der Waals surface area contributed by atoms with E-state index in [0.29, 0.717) is 32.7 Å². The molecule has 1 aliphatic rings. The largest absolute Gasteiger partial charge is 0.494 e. The zero-order valence-electron chi connectivity index (χ0n) is 16.1. The summed E-state index contributed by atoms with van der Waals surface area (Å²) in [7, 11) is -3.71. The third kappa shape index (κ3) is 5.72. The summed E-state index contributed by atoms with van der Waals surface area (Å²) in [6.45, 7) is 1.86. The van der Waals surface area contributed by atoms with Gasteiger partial charge in [-0.15, -0.1) is 0 Å². The summed E-state index contributed by atoms with van der Waals surface area (Å²) >= 11 is 6.15. The summed E-state index contributed by atoms with van der Waals surface area (Å²) in [5, 5.41) is 2.92. The maximum Gasteiger partial charge on any atom is 0.251 e. The second kappa shape index (κ2) is 10.1. The van der Waals surface area contributed by atoms with E-state index in [4.69, 9.17) is 16.3 Å². The van der Waals surface area contributed by atoms with E-state index < -0.39 is 10.0 Å². The summed E-state index contributed by atoms with van der Waals surface area (Å²) in [6, 6.07) is 13.8. The van der Waals surface area contributed by atoms with Crippen LogP contribution in [0.1, 0.15) is 36.0 Å². The van der Waals surface area contributed by atoms with Crippen LogP contribution in [0, 0.1) is 0 Å². The van der Waals surface area contributed by atoms with Crippen molar-refractivity contribution >= 4 is 27.5 Å². The molecule has 3 rings (SSSR count). The molecule has 1 aliphatic heterocycles. The van der Waals surface area contributed by atoms with Gasteiger partial charge in [0.25, 0.3) is 5.91 Å².